The Bertz CT molecular complexity index is 414. The molecule has 0 saturated heterocycles. The Kier molecular flexibility index (Phi) is 6.19. The summed E-state index contributed by atoms with van der Waals surface area (Å²) in [5, 5.41) is 10.8. The molecule has 4 heteroatoms. The van der Waals surface area contributed by atoms with E-state index >= 15 is 0 Å². The zero-order valence-corrected chi connectivity index (χ0v) is 11.5. The van der Waals surface area contributed by atoms with Crippen molar-refractivity contribution in [3.05, 3.63) is 45.5 Å². The third kappa shape index (κ3) is 4.81. The van der Waals surface area contributed by atoms with E-state index in [0.717, 1.165) is 30.3 Å². The lowest BCUT2D eigenvalue weighted by Crippen LogP contribution is -2.22. The Labute approximate surface area is 114 Å². The van der Waals surface area contributed by atoms with Crippen LogP contribution < -0.4 is 0 Å². The van der Waals surface area contributed by atoms with Crippen molar-refractivity contribution in [1.82, 2.24) is 0 Å². The number of unbranched alkanes of at least 4 members (excludes halogenated alkanes) is 1. The second-order valence-electron chi connectivity index (χ2n) is 4.97. The number of carbonyl (C=O) groups excluding carboxylic acids is 1. The van der Waals surface area contributed by atoms with Gasteiger partial charge in [-0.25, -0.2) is 0 Å². The quantitative estimate of drug-likeness (QED) is 0.410. The molecule has 4 nitrogen and oxygen atoms in total. The van der Waals surface area contributed by atoms with Gasteiger partial charge in [0.1, 0.15) is 6.29 Å². The van der Waals surface area contributed by atoms with Gasteiger partial charge in [-0.3, -0.25) is 10.1 Å². The van der Waals surface area contributed by atoms with E-state index < -0.39 is 0 Å². The lowest BCUT2D eigenvalue weighted by atomic mass is 9.83. The zero-order chi connectivity index (χ0) is 14.3. The minimum atomic E-state index is -0.326. The van der Waals surface area contributed by atoms with E-state index in [4.69, 9.17) is 0 Å². The van der Waals surface area contributed by atoms with E-state index in [-0.39, 0.29) is 23.3 Å². The van der Waals surface area contributed by atoms with Gasteiger partial charge in [-0.1, -0.05) is 49.6 Å². The SMILES string of the molecule is CCCC[C@@H](C=O)[C@H](C[N+](=O)[O-])c1ccc(C)cc1. The number of nitro groups is 1. The molecule has 0 spiro atoms. The van der Waals surface area contributed by atoms with Gasteiger partial charge in [0.2, 0.25) is 6.54 Å². The molecule has 1 aromatic rings. The van der Waals surface area contributed by atoms with Gasteiger partial charge in [0.05, 0.1) is 5.92 Å². The first-order valence-corrected chi connectivity index (χ1v) is 6.72. The number of aryl methyl sites for hydroxylation is 1. The van der Waals surface area contributed by atoms with Crippen LogP contribution >= 0.6 is 0 Å². The van der Waals surface area contributed by atoms with E-state index in [1.54, 1.807) is 0 Å². The van der Waals surface area contributed by atoms with E-state index in [1.807, 2.05) is 31.2 Å². The first-order valence-electron chi connectivity index (χ1n) is 6.72. The standard InChI is InChI=1S/C15H21NO3/c1-3-4-5-14(11-17)15(10-16(18)19)13-8-6-12(2)7-9-13/h6-9,11,14-15H,3-5,10H2,1-2H3/t14-,15+/m0/s1. The number of aldehydes is 1. The Morgan fingerprint density at radius 1 is 1.32 bits per heavy atom. The van der Waals surface area contributed by atoms with Gasteiger partial charge in [0.15, 0.2) is 0 Å². The van der Waals surface area contributed by atoms with Crippen LogP contribution in [0, 0.1) is 23.0 Å². The molecule has 0 aliphatic rings. The van der Waals surface area contributed by atoms with E-state index in [2.05, 4.69) is 6.92 Å². The summed E-state index contributed by atoms with van der Waals surface area (Å²) in [5.74, 6) is -0.590. The van der Waals surface area contributed by atoms with Gasteiger partial charge in [0.25, 0.3) is 0 Å². The fourth-order valence-corrected chi connectivity index (χ4v) is 2.27. The topological polar surface area (TPSA) is 60.2 Å². The normalized spacial score (nSPS) is 13.8. The summed E-state index contributed by atoms with van der Waals surface area (Å²) in [5.41, 5.74) is 2.00. The second-order valence-corrected chi connectivity index (χ2v) is 4.97. The summed E-state index contributed by atoms with van der Waals surface area (Å²) in [6, 6.07) is 7.66. The van der Waals surface area contributed by atoms with E-state index in [1.165, 1.54) is 0 Å². The summed E-state index contributed by atoms with van der Waals surface area (Å²) in [7, 11) is 0. The summed E-state index contributed by atoms with van der Waals surface area (Å²) in [6.45, 7) is 3.84. The predicted octanol–water partition coefficient (Wildman–Crippen LogP) is 3.36. The number of nitrogens with zero attached hydrogens (tertiary/aromatic N) is 1. The minimum absolute atomic E-state index is 0.184. The monoisotopic (exact) mass is 263 g/mol. The van der Waals surface area contributed by atoms with Crippen LogP contribution in [0.3, 0.4) is 0 Å². The maximum atomic E-state index is 11.3. The van der Waals surface area contributed by atoms with Crippen LogP contribution in [0.4, 0.5) is 0 Å². The highest BCUT2D eigenvalue weighted by molar-refractivity contribution is 5.56. The molecule has 104 valence electrons. The summed E-state index contributed by atoms with van der Waals surface area (Å²) >= 11 is 0. The van der Waals surface area contributed by atoms with Crippen LogP contribution in [0.1, 0.15) is 43.2 Å². The van der Waals surface area contributed by atoms with Crippen molar-refractivity contribution in [3.63, 3.8) is 0 Å². The lowest BCUT2D eigenvalue weighted by Gasteiger charge is -2.20. The molecule has 0 radical (unpaired) electrons. The van der Waals surface area contributed by atoms with Crippen LogP contribution in [0.25, 0.3) is 0 Å². The van der Waals surface area contributed by atoms with Crippen molar-refractivity contribution < 1.29 is 9.72 Å². The first kappa shape index (κ1) is 15.3. The Morgan fingerprint density at radius 3 is 2.42 bits per heavy atom. The van der Waals surface area contributed by atoms with Crippen molar-refractivity contribution in [1.29, 1.82) is 0 Å². The molecule has 1 rings (SSSR count). The molecule has 19 heavy (non-hydrogen) atoms. The highest BCUT2D eigenvalue weighted by atomic mass is 16.6. The third-order valence-electron chi connectivity index (χ3n) is 3.43. The molecule has 0 amide bonds. The predicted molar refractivity (Wildman–Crippen MR) is 74.9 cm³/mol. The Morgan fingerprint density at radius 2 is 1.95 bits per heavy atom. The van der Waals surface area contributed by atoms with Crippen molar-refractivity contribution >= 4 is 6.29 Å². The molecule has 1 aromatic carbocycles. The second kappa shape index (κ2) is 7.67. The van der Waals surface area contributed by atoms with Crippen molar-refractivity contribution in [2.75, 3.05) is 6.54 Å². The number of hydrogen-bond donors (Lipinski definition) is 0. The molecule has 2 atom stereocenters. The number of hydrogen-bond acceptors (Lipinski definition) is 3. The molecule has 0 aromatic heterocycles. The molecule has 0 N–H and O–H groups in total. The number of rotatable bonds is 8. The average molecular weight is 263 g/mol. The molecule has 0 bridgehead atoms. The summed E-state index contributed by atoms with van der Waals surface area (Å²) in [4.78, 5) is 21.8. The van der Waals surface area contributed by atoms with Gasteiger partial charge in [-0.2, -0.15) is 0 Å². The summed E-state index contributed by atoms with van der Waals surface area (Å²) in [6.07, 6.45) is 3.50. The third-order valence-corrected chi connectivity index (χ3v) is 3.43. The fourth-order valence-electron chi connectivity index (χ4n) is 2.27. The van der Waals surface area contributed by atoms with Crippen molar-refractivity contribution in [2.24, 2.45) is 5.92 Å². The molecule has 0 heterocycles. The molecule has 0 fully saturated rings. The highest BCUT2D eigenvalue weighted by Crippen LogP contribution is 2.28. The lowest BCUT2D eigenvalue weighted by molar-refractivity contribution is -0.484. The molecule has 0 aliphatic carbocycles. The van der Waals surface area contributed by atoms with Crippen LogP contribution in [0.15, 0.2) is 24.3 Å². The molecule has 0 saturated carbocycles. The maximum Gasteiger partial charge on any atom is 0.211 e. The van der Waals surface area contributed by atoms with Gasteiger partial charge < -0.3 is 4.79 Å². The van der Waals surface area contributed by atoms with Crippen molar-refractivity contribution in [2.45, 2.75) is 39.0 Å². The van der Waals surface area contributed by atoms with Gasteiger partial charge in [-0.15, -0.1) is 0 Å². The van der Waals surface area contributed by atoms with Gasteiger partial charge in [0, 0.05) is 10.8 Å². The molecular weight excluding hydrogens is 242 g/mol. The number of benzene rings is 1. The average Bonchev–Trinajstić information content (AvgIpc) is 2.39. The number of carbonyl (C=O) groups is 1. The molecule has 0 unspecified atom stereocenters. The highest BCUT2D eigenvalue weighted by Gasteiger charge is 2.27. The maximum absolute atomic E-state index is 11.3. The Balaban J connectivity index is 2.94. The van der Waals surface area contributed by atoms with Crippen LogP contribution in [-0.4, -0.2) is 17.8 Å². The van der Waals surface area contributed by atoms with Crippen LogP contribution in [0.2, 0.25) is 0 Å². The Hall–Kier alpha value is -1.71. The zero-order valence-electron chi connectivity index (χ0n) is 11.5. The minimum Gasteiger partial charge on any atom is -0.303 e. The fraction of sp³-hybridized carbons (Fsp3) is 0.533. The smallest absolute Gasteiger partial charge is 0.211 e. The van der Waals surface area contributed by atoms with E-state index in [0.29, 0.717) is 6.42 Å². The van der Waals surface area contributed by atoms with Crippen molar-refractivity contribution in [3.8, 4) is 0 Å². The van der Waals surface area contributed by atoms with E-state index in [9.17, 15) is 14.9 Å². The first-order chi connectivity index (χ1) is 9.08. The van der Waals surface area contributed by atoms with Crippen LogP contribution in [-0.2, 0) is 4.79 Å². The summed E-state index contributed by atoms with van der Waals surface area (Å²) < 4.78 is 0. The van der Waals surface area contributed by atoms with Gasteiger partial charge in [-0.05, 0) is 18.9 Å². The van der Waals surface area contributed by atoms with Crippen LogP contribution in [0.5, 0.6) is 0 Å². The molecular formula is C15H21NO3. The molecule has 0 aliphatic heterocycles. The largest absolute Gasteiger partial charge is 0.303 e. The van der Waals surface area contributed by atoms with Gasteiger partial charge >= 0.3 is 0 Å².